The molecule has 1 atom stereocenters. The van der Waals surface area contributed by atoms with Crippen molar-refractivity contribution in [3.05, 3.63) is 11.6 Å². The number of carbonyl (C=O) groups is 1. The lowest BCUT2D eigenvalue weighted by Crippen LogP contribution is -2.46. The van der Waals surface area contributed by atoms with Gasteiger partial charge in [-0.1, -0.05) is 11.6 Å². The first-order valence-corrected chi connectivity index (χ1v) is 9.77. The van der Waals surface area contributed by atoms with Crippen molar-refractivity contribution in [3.8, 4) is 0 Å². The SMILES string of the molecule is CCN(C(=O)NCCC1=CCCCC1)C1CCS(=O)(=O)C1. The zero-order chi connectivity index (χ0) is 15.3. The molecule has 2 rings (SSSR count). The molecule has 6 heteroatoms. The molecule has 0 radical (unpaired) electrons. The highest BCUT2D eigenvalue weighted by Gasteiger charge is 2.33. The molecule has 1 aliphatic carbocycles. The molecular formula is C15H26N2O3S. The summed E-state index contributed by atoms with van der Waals surface area (Å²) in [5.74, 6) is 0.313. The van der Waals surface area contributed by atoms with Crippen LogP contribution in [-0.4, -0.2) is 50.0 Å². The fourth-order valence-electron chi connectivity index (χ4n) is 3.15. The van der Waals surface area contributed by atoms with E-state index in [-0.39, 0.29) is 23.6 Å². The number of carbonyl (C=O) groups excluding carboxylic acids is 1. The molecule has 1 unspecified atom stereocenters. The number of nitrogens with zero attached hydrogens (tertiary/aromatic N) is 1. The monoisotopic (exact) mass is 314 g/mol. The van der Waals surface area contributed by atoms with Crippen LogP contribution in [0.1, 0.15) is 45.4 Å². The quantitative estimate of drug-likeness (QED) is 0.790. The summed E-state index contributed by atoms with van der Waals surface area (Å²) >= 11 is 0. The molecule has 1 heterocycles. The summed E-state index contributed by atoms with van der Waals surface area (Å²) in [6, 6.07) is -0.287. The molecule has 0 saturated carbocycles. The Morgan fingerprint density at radius 1 is 1.43 bits per heavy atom. The van der Waals surface area contributed by atoms with E-state index in [0.717, 1.165) is 19.3 Å². The second-order valence-corrected chi connectivity index (χ2v) is 8.16. The molecular weight excluding hydrogens is 288 g/mol. The van der Waals surface area contributed by atoms with Crippen LogP contribution in [0.25, 0.3) is 0 Å². The van der Waals surface area contributed by atoms with Gasteiger partial charge in [-0.2, -0.15) is 0 Å². The van der Waals surface area contributed by atoms with Gasteiger partial charge in [0.2, 0.25) is 0 Å². The number of rotatable bonds is 5. The van der Waals surface area contributed by atoms with E-state index in [1.54, 1.807) is 4.90 Å². The molecule has 0 aromatic carbocycles. The Kier molecular flexibility index (Phi) is 5.67. The average Bonchev–Trinajstić information content (AvgIpc) is 2.81. The Hall–Kier alpha value is -1.04. The van der Waals surface area contributed by atoms with Gasteiger partial charge in [0.15, 0.2) is 9.84 Å². The first kappa shape index (κ1) is 16.3. The number of sulfone groups is 1. The van der Waals surface area contributed by atoms with Gasteiger partial charge < -0.3 is 10.2 Å². The summed E-state index contributed by atoms with van der Waals surface area (Å²) in [5.41, 5.74) is 1.44. The summed E-state index contributed by atoms with van der Waals surface area (Å²) in [4.78, 5) is 13.9. The first-order valence-electron chi connectivity index (χ1n) is 7.94. The van der Waals surface area contributed by atoms with Crippen LogP contribution >= 0.6 is 0 Å². The van der Waals surface area contributed by atoms with Gasteiger partial charge in [0, 0.05) is 19.1 Å². The van der Waals surface area contributed by atoms with Gasteiger partial charge >= 0.3 is 6.03 Å². The lowest BCUT2D eigenvalue weighted by molar-refractivity contribution is 0.184. The van der Waals surface area contributed by atoms with E-state index in [4.69, 9.17) is 0 Å². The van der Waals surface area contributed by atoms with Crippen molar-refractivity contribution in [1.82, 2.24) is 10.2 Å². The number of urea groups is 1. The van der Waals surface area contributed by atoms with Gasteiger partial charge in [0.05, 0.1) is 11.5 Å². The van der Waals surface area contributed by atoms with E-state index in [1.807, 2.05) is 6.92 Å². The first-order chi connectivity index (χ1) is 10.0. The highest BCUT2D eigenvalue weighted by atomic mass is 32.2. The maximum Gasteiger partial charge on any atom is 0.317 e. The van der Waals surface area contributed by atoms with Gasteiger partial charge in [-0.15, -0.1) is 0 Å². The van der Waals surface area contributed by atoms with Crippen LogP contribution in [0.15, 0.2) is 11.6 Å². The van der Waals surface area contributed by atoms with Crippen molar-refractivity contribution in [2.45, 2.75) is 51.5 Å². The number of allylic oxidation sites excluding steroid dienone is 1. The predicted octanol–water partition coefficient (Wildman–Crippen LogP) is 2.10. The van der Waals surface area contributed by atoms with Crippen molar-refractivity contribution >= 4 is 15.9 Å². The number of hydrogen-bond donors (Lipinski definition) is 1. The largest absolute Gasteiger partial charge is 0.338 e. The Morgan fingerprint density at radius 2 is 2.24 bits per heavy atom. The Balaban J connectivity index is 1.79. The van der Waals surface area contributed by atoms with Crippen LogP contribution in [0.3, 0.4) is 0 Å². The van der Waals surface area contributed by atoms with Crippen LogP contribution in [0.5, 0.6) is 0 Å². The van der Waals surface area contributed by atoms with Gasteiger partial charge in [-0.25, -0.2) is 13.2 Å². The highest BCUT2D eigenvalue weighted by molar-refractivity contribution is 7.91. The van der Waals surface area contributed by atoms with Crippen LogP contribution in [0.4, 0.5) is 4.79 Å². The van der Waals surface area contributed by atoms with Gasteiger partial charge in [-0.3, -0.25) is 0 Å². The van der Waals surface area contributed by atoms with E-state index >= 15 is 0 Å². The molecule has 5 nitrogen and oxygen atoms in total. The topological polar surface area (TPSA) is 66.5 Å². The van der Waals surface area contributed by atoms with Crippen LogP contribution in [-0.2, 0) is 9.84 Å². The minimum Gasteiger partial charge on any atom is -0.338 e. The van der Waals surface area contributed by atoms with Crippen LogP contribution in [0.2, 0.25) is 0 Å². The molecule has 1 aliphatic heterocycles. The lowest BCUT2D eigenvalue weighted by atomic mass is 9.97. The second-order valence-electron chi connectivity index (χ2n) is 5.93. The maximum atomic E-state index is 12.2. The molecule has 0 aromatic heterocycles. The number of hydrogen-bond acceptors (Lipinski definition) is 3. The highest BCUT2D eigenvalue weighted by Crippen LogP contribution is 2.20. The molecule has 0 aromatic rings. The van der Waals surface area contributed by atoms with E-state index in [2.05, 4.69) is 11.4 Å². The van der Waals surface area contributed by atoms with Crippen molar-refractivity contribution < 1.29 is 13.2 Å². The summed E-state index contributed by atoms with van der Waals surface area (Å²) < 4.78 is 23.1. The Morgan fingerprint density at radius 3 is 2.81 bits per heavy atom. The fraction of sp³-hybridized carbons (Fsp3) is 0.800. The van der Waals surface area contributed by atoms with Gasteiger partial charge in [0.25, 0.3) is 0 Å². The predicted molar refractivity (Wildman–Crippen MR) is 84.0 cm³/mol. The standard InChI is InChI=1S/C15H26N2O3S/c1-2-17(14-9-11-21(19,20)12-14)15(18)16-10-8-13-6-4-3-5-7-13/h6,14H,2-5,7-12H2,1H3,(H,16,18). The molecule has 0 bridgehead atoms. The third-order valence-corrected chi connectivity index (χ3v) is 6.11. The molecule has 2 aliphatic rings. The fourth-order valence-corrected chi connectivity index (χ4v) is 4.88. The molecule has 1 saturated heterocycles. The molecule has 0 spiro atoms. The lowest BCUT2D eigenvalue weighted by Gasteiger charge is -2.27. The zero-order valence-electron chi connectivity index (χ0n) is 12.8. The minimum absolute atomic E-state index is 0.111. The summed E-state index contributed by atoms with van der Waals surface area (Å²) in [7, 11) is -2.95. The summed E-state index contributed by atoms with van der Waals surface area (Å²) in [5, 5.41) is 2.94. The van der Waals surface area contributed by atoms with E-state index < -0.39 is 9.84 Å². The van der Waals surface area contributed by atoms with Crippen LogP contribution in [0, 0.1) is 0 Å². The average molecular weight is 314 g/mol. The second kappa shape index (κ2) is 7.29. The smallest absolute Gasteiger partial charge is 0.317 e. The molecule has 21 heavy (non-hydrogen) atoms. The third-order valence-electron chi connectivity index (χ3n) is 4.36. The summed E-state index contributed by atoms with van der Waals surface area (Å²) in [6.45, 7) is 3.09. The third kappa shape index (κ3) is 4.73. The van der Waals surface area contributed by atoms with Crippen molar-refractivity contribution in [2.75, 3.05) is 24.6 Å². The van der Waals surface area contributed by atoms with Crippen molar-refractivity contribution in [3.63, 3.8) is 0 Å². The number of nitrogens with one attached hydrogen (secondary N) is 1. The van der Waals surface area contributed by atoms with Crippen molar-refractivity contribution in [1.29, 1.82) is 0 Å². The van der Waals surface area contributed by atoms with Gasteiger partial charge in [0.1, 0.15) is 0 Å². The molecule has 1 N–H and O–H groups in total. The van der Waals surface area contributed by atoms with E-state index in [9.17, 15) is 13.2 Å². The van der Waals surface area contributed by atoms with Crippen LogP contribution < -0.4 is 5.32 Å². The molecule has 2 amide bonds. The summed E-state index contributed by atoms with van der Waals surface area (Å²) in [6.07, 6.45) is 8.59. The van der Waals surface area contributed by atoms with E-state index in [1.165, 1.54) is 18.4 Å². The Bertz CT molecular complexity index is 499. The van der Waals surface area contributed by atoms with Gasteiger partial charge in [-0.05, 0) is 45.4 Å². The maximum absolute atomic E-state index is 12.2. The normalized spacial score (nSPS) is 24.4. The Labute approximate surface area is 127 Å². The molecule has 1 fully saturated rings. The minimum atomic E-state index is -2.95. The molecule has 120 valence electrons. The number of amides is 2. The zero-order valence-corrected chi connectivity index (χ0v) is 13.6. The van der Waals surface area contributed by atoms with Crippen molar-refractivity contribution in [2.24, 2.45) is 0 Å². The van der Waals surface area contributed by atoms with E-state index in [0.29, 0.717) is 19.5 Å².